The molecule has 0 unspecified atom stereocenters. The highest BCUT2D eigenvalue weighted by Crippen LogP contribution is 2.36. The van der Waals surface area contributed by atoms with E-state index < -0.39 is 35.9 Å². The van der Waals surface area contributed by atoms with Crippen LogP contribution in [0.25, 0.3) is 10.9 Å². The van der Waals surface area contributed by atoms with Gasteiger partial charge in [-0.15, -0.1) is 0 Å². The zero-order chi connectivity index (χ0) is 22.1. The molecule has 1 amide bonds. The fraction of sp³-hybridized carbons (Fsp3) is 0.150. The maximum atomic E-state index is 13.1. The second-order valence-corrected chi connectivity index (χ2v) is 7.14. The van der Waals surface area contributed by atoms with E-state index in [0.29, 0.717) is 27.7 Å². The Kier molecular flexibility index (Phi) is 6.19. The van der Waals surface area contributed by atoms with Crippen molar-refractivity contribution in [2.24, 2.45) is 0 Å². The van der Waals surface area contributed by atoms with Crippen molar-refractivity contribution >= 4 is 51.7 Å². The quantitative estimate of drug-likeness (QED) is 0.514. The van der Waals surface area contributed by atoms with Crippen LogP contribution in [0.3, 0.4) is 0 Å². The van der Waals surface area contributed by atoms with Gasteiger partial charge in [0.25, 0.3) is 5.91 Å². The number of fused-ring (bicyclic) bond motifs is 1. The smallest absolute Gasteiger partial charge is 0.418 e. The zero-order valence-electron chi connectivity index (χ0n) is 15.3. The first kappa shape index (κ1) is 21.9. The minimum Gasteiger partial charge on any atom is -0.452 e. The number of pyridine rings is 1. The van der Waals surface area contributed by atoms with Crippen molar-refractivity contribution < 1.29 is 27.5 Å². The number of amides is 1. The molecule has 0 radical (unpaired) electrons. The van der Waals surface area contributed by atoms with Crippen molar-refractivity contribution in [1.29, 1.82) is 0 Å². The molecule has 0 spiro atoms. The Morgan fingerprint density at radius 2 is 1.73 bits per heavy atom. The van der Waals surface area contributed by atoms with Crippen molar-refractivity contribution in [2.45, 2.75) is 13.1 Å². The molecule has 1 heterocycles. The van der Waals surface area contributed by atoms with Crippen molar-refractivity contribution in [2.75, 3.05) is 11.9 Å². The number of ether oxygens (including phenoxy) is 1. The summed E-state index contributed by atoms with van der Waals surface area (Å²) in [7, 11) is 0. The van der Waals surface area contributed by atoms with Crippen molar-refractivity contribution in [3.05, 3.63) is 69.3 Å². The van der Waals surface area contributed by atoms with Crippen LogP contribution < -0.4 is 5.32 Å². The lowest BCUT2D eigenvalue weighted by Gasteiger charge is -2.14. The number of halogens is 5. The molecule has 10 heteroatoms. The molecule has 1 N–H and O–H groups in total. The SMILES string of the molecule is Cc1nc2ccc(Cl)cc2cc1C(=O)OCC(=O)Nc1ccc(Cl)cc1C(F)(F)F. The summed E-state index contributed by atoms with van der Waals surface area (Å²) < 4.78 is 44.2. The number of carbonyl (C=O) groups is 2. The molecule has 1 aromatic heterocycles. The number of benzene rings is 2. The Morgan fingerprint density at radius 1 is 1.07 bits per heavy atom. The number of carbonyl (C=O) groups excluding carboxylic acids is 2. The predicted octanol–water partition coefficient (Wildman–Crippen LogP) is 5.66. The number of aryl methyl sites for hydroxylation is 1. The second-order valence-electron chi connectivity index (χ2n) is 6.27. The second kappa shape index (κ2) is 8.49. The van der Waals surface area contributed by atoms with Gasteiger partial charge in [0.1, 0.15) is 0 Å². The van der Waals surface area contributed by atoms with Gasteiger partial charge in [0.2, 0.25) is 0 Å². The third-order valence-corrected chi connectivity index (χ3v) is 4.55. The lowest BCUT2D eigenvalue weighted by atomic mass is 10.1. The maximum absolute atomic E-state index is 13.1. The fourth-order valence-corrected chi connectivity index (χ4v) is 3.06. The van der Waals surface area contributed by atoms with Gasteiger partial charge in [0.05, 0.1) is 28.0 Å². The van der Waals surface area contributed by atoms with Crippen LogP contribution >= 0.6 is 23.2 Å². The summed E-state index contributed by atoms with van der Waals surface area (Å²) in [6.45, 7) is 0.805. The Morgan fingerprint density at radius 3 is 2.43 bits per heavy atom. The Balaban J connectivity index is 1.72. The van der Waals surface area contributed by atoms with E-state index in [-0.39, 0.29) is 10.6 Å². The van der Waals surface area contributed by atoms with Gasteiger partial charge in [-0.3, -0.25) is 9.78 Å². The molecule has 0 bridgehead atoms. The highest BCUT2D eigenvalue weighted by molar-refractivity contribution is 6.31. The monoisotopic (exact) mass is 456 g/mol. The number of alkyl halides is 3. The third-order valence-electron chi connectivity index (χ3n) is 4.08. The van der Waals surface area contributed by atoms with Gasteiger partial charge in [0.15, 0.2) is 6.61 Å². The Hall–Kier alpha value is -2.84. The van der Waals surface area contributed by atoms with E-state index in [0.717, 1.165) is 6.07 Å². The van der Waals surface area contributed by atoms with Crippen molar-refractivity contribution in [1.82, 2.24) is 4.98 Å². The summed E-state index contributed by atoms with van der Waals surface area (Å²) in [6, 6.07) is 9.40. The number of nitrogens with one attached hydrogen (secondary N) is 1. The van der Waals surface area contributed by atoms with E-state index in [1.165, 1.54) is 12.1 Å². The highest BCUT2D eigenvalue weighted by Gasteiger charge is 2.34. The predicted molar refractivity (Wildman–Crippen MR) is 107 cm³/mol. The van der Waals surface area contributed by atoms with Gasteiger partial charge >= 0.3 is 12.1 Å². The number of nitrogens with zero attached hydrogens (tertiary/aromatic N) is 1. The van der Waals surface area contributed by atoms with Gasteiger partial charge in [-0.25, -0.2) is 4.79 Å². The highest BCUT2D eigenvalue weighted by atomic mass is 35.5. The number of anilines is 1. The molecule has 2 aromatic carbocycles. The lowest BCUT2D eigenvalue weighted by Crippen LogP contribution is -2.23. The number of hydrogen-bond donors (Lipinski definition) is 1. The minimum atomic E-state index is -4.72. The van der Waals surface area contributed by atoms with Crippen LogP contribution in [0.1, 0.15) is 21.6 Å². The molecule has 0 aliphatic heterocycles. The molecule has 0 saturated carbocycles. The van der Waals surface area contributed by atoms with E-state index >= 15 is 0 Å². The Bertz CT molecular complexity index is 1150. The van der Waals surface area contributed by atoms with E-state index in [4.69, 9.17) is 27.9 Å². The van der Waals surface area contributed by atoms with Gasteiger partial charge in [0, 0.05) is 15.4 Å². The van der Waals surface area contributed by atoms with E-state index in [9.17, 15) is 22.8 Å². The summed E-state index contributed by atoms with van der Waals surface area (Å²) in [5.74, 6) is -1.78. The van der Waals surface area contributed by atoms with Crippen LogP contribution in [0.4, 0.5) is 18.9 Å². The first-order valence-corrected chi connectivity index (χ1v) is 9.21. The van der Waals surface area contributed by atoms with E-state index in [1.807, 2.05) is 0 Å². The molecule has 3 aromatic rings. The molecule has 0 fully saturated rings. The first-order valence-electron chi connectivity index (χ1n) is 8.45. The summed E-state index contributed by atoms with van der Waals surface area (Å²) in [5.41, 5.74) is -0.506. The average molecular weight is 457 g/mol. The van der Waals surface area contributed by atoms with Crippen LogP contribution in [0.15, 0.2) is 42.5 Å². The van der Waals surface area contributed by atoms with Crippen molar-refractivity contribution in [3.8, 4) is 0 Å². The van der Waals surface area contributed by atoms with Gasteiger partial charge in [-0.05, 0) is 49.4 Å². The summed E-state index contributed by atoms with van der Waals surface area (Å²) in [6.07, 6.45) is -4.72. The molecular weight excluding hydrogens is 444 g/mol. The normalized spacial score (nSPS) is 11.4. The third kappa shape index (κ3) is 5.01. The number of esters is 1. The molecule has 0 saturated heterocycles. The summed E-state index contributed by atoms with van der Waals surface area (Å²) in [5, 5.41) is 2.99. The topological polar surface area (TPSA) is 68.3 Å². The standard InChI is InChI=1S/C20H13Cl2F3N2O3/c1-10-14(7-11-6-12(21)2-4-16(11)26-10)19(29)30-9-18(28)27-17-5-3-13(22)8-15(17)20(23,24)25/h2-8H,9H2,1H3,(H,27,28). The fourth-order valence-electron chi connectivity index (χ4n) is 2.71. The van der Waals surface area contributed by atoms with Gasteiger partial charge < -0.3 is 10.1 Å². The van der Waals surface area contributed by atoms with Crippen LogP contribution in [0.2, 0.25) is 10.0 Å². The molecule has 3 rings (SSSR count). The number of aromatic nitrogens is 1. The van der Waals surface area contributed by atoms with Crippen molar-refractivity contribution in [3.63, 3.8) is 0 Å². The van der Waals surface area contributed by atoms with Gasteiger partial charge in [-0.1, -0.05) is 23.2 Å². The molecule has 156 valence electrons. The average Bonchev–Trinajstić information content (AvgIpc) is 2.66. The molecular formula is C20H13Cl2F3N2O3. The maximum Gasteiger partial charge on any atom is 0.418 e. The molecule has 0 atom stereocenters. The lowest BCUT2D eigenvalue weighted by molar-refractivity contribution is -0.137. The molecule has 0 aliphatic rings. The van der Waals surface area contributed by atoms with Gasteiger partial charge in [-0.2, -0.15) is 13.2 Å². The largest absolute Gasteiger partial charge is 0.452 e. The Labute approximate surface area is 178 Å². The zero-order valence-corrected chi connectivity index (χ0v) is 16.8. The number of hydrogen-bond acceptors (Lipinski definition) is 4. The number of rotatable bonds is 4. The molecule has 0 aliphatic carbocycles. The van der Waals surface area contributed by atoms with Crippen LogP contribution in [-0.4, -0.2) is 23.5 Å². The first-order chi connectivity index (χ1) is 14.0. The van der Waals surface area contributed by atoms with Crippen LogP contribution in [-0.2, 0) is 15.7 Å². The minimum absolute atomic E-state index is 0.111. The molecule has 30 heavy (non-hydrogen) atoms. The van der Waals surface area contributed by atoms with Crippen LogP contribution in [0.5, 0.6) is 0 Å². The summed E-state index contributed by atoms with van der Waals surface area (Å²) >= 11 is 11.5. The van der Waals surface area contributed by atoms with E-state index in [2.05, 4.69) is 10.3 Å². The van der Waals surface area contributed by atoms with Crippen LogP contribution in [0, 0.1) is 6.92 Å². The van der Waals surface area contributed by atoms with E-state index in [1.54, 1.807) is 25.1 Å². The molecule has 5 nitrogen and oxygen atoms in total. The summed E-state index contributed by atoms with van der Waals surface area (Å²) in [4.78, 5) is 28.7.